The molecule has 2 aromatic rings. The lowest BCUT2D eigenvalue weighted by molar-refractivity contribution is 0.0951. The predicted molar refractivity (Wildman–Crippen MR) is 94.3 cm³/mol. The summed E-state index contributed by atoms with van der Waals surface area (Å²) in [4.78, 5) is 30.4. The Morgan fingerprint density at radius 3 is 2.46 bits per heavy atom. The van der Waals surface area contributed by atoms with Gasteiger partial charge in [-0.2, -0.15) is 0 Å². The highest BCUT2D eigenvalue weighted by atomic mass is 16.2. The molecule has 0 bridgehead atoms. The van der Waals surface area contributed by atoms with E-state index < -0.39 is 0 Å². The molecule has 6 nitrogen and oxygen atoms in total. The number of carbonyl (C=O) groups is 2. The maximum absolute atomic E-state index is 12.3. The summed E-state index contributed by atoms with van der Waals surface area (Å²) in [5.74, 6) is -0.564. The first-order valence-electron chi connectivity index (χ1n) is 7.72. The predicted octanol–water partition coefficient (Wildman–Crippen LogP) is 1.93. The Bertz CT molecular complexity index is 711. The fourth-order valence-electron chi connectivity index (χ4n) is 2.02. The number of nitrogens with zero attached hydrogens (tertiary/aromatic N) is 2. The van der Waals surface area contributed by atoms with Crippen LogP contribution in [0.4, 0.5) is 5.69 Å². The molecule has 0 radical (unpaired) electrons. The average Bonchev–Trinajstić information content (AvgIpc) is 2.56. The molecule has 126 valence electrons. The number of nitrogens with one attached hydrogen (secondary N) is 2. The summed E-state index contributed by atoms with van der Waals surface area (Å²) >= 11 is 0. The van der Waals surface area contributed by atoms with E-state index in [1.807, 2.05) is 50.2 Å². The number of pyridine rings is 1. The summed E-state index contributed by atoms with van der Waals surface area (Å²) in [6.07, 6.45) is 1.46. The minimum absolute atomic E-state index is 0.204. The lowest BCUT2D eigenvalue weighted by Gasteiger charge is -2.11. The molecule has 0 spiro atoms. The fourth-order valence-corrected chi connectivity index (χ4v) is 2.02. The SMILES string of the molecule is Cc1ccc(NC(=O)c2cc(C(=O)NCCN(C)C)ccn2)cc1. The Balaban J connectivity index is 2.02. The maximum Gasteiger partial charge on any atom is 0.274 e. The van der Waals surface area contributed by atoms with Crippen LogP contribution in [0.25, 0.3) is 0 Å². The number of carbonyl (C=O) groups excluding carboxylic acids is 2. The van der Waals surface area contributed by atoms with E-state index in [-0.39, 0.29) is 17.5 Å². The van der Waals surface area contributed by atoms with E-state index in [9.17, 15) is 9.59 Å². The van der Waals surface area contributed by atoms with Crippen LogP contribution in [0.3, 0.4) is 0 Å². The molecule has 0 aliphatic rings. The van der Waals surface area contributed by atoms with Gasteiger partial charge in [0.2, 0.25) is 0 Å². The average molecular weight is 326 g/mol. The molecule has 0 saturated heterocycles. The first kappa shape index (κ1) is 17.6. The Hall–Kier alpha value is -2.73. The Labute approximate surface area is 141 Å². The van der Waals surface area contributed by atoms with Crippen molar-refractivity contribution in [3.05, 3.63) is 59.4 Å². The molecule has 0 saturated carbocycles. The molecule has 0 unspecified atom stereocenters. The van der Waals surface area contributed by atoms with Gasteiger partial charge in [0.05, 0.1) is 0 Å². The van der Waals surface area contributed by atoms with Gasteiger partial charge in [-0.25, -0.2) is 0 Å². The highest BCUT2D eigenvalue weighted by molar-refractivity contribution is 6.04. The van der Waals surface area contributed by atoms with Gasteiger partial charge in [0, 0.05) is 30.5 Å². The zero-order chi connectivity index (χ0) is 17.5. The molecule has 2 N–H and O–H groups in total. The van der Waals surface area contributed by atoms with Gasteiger partial charge in [-0.15, -0.1) is 0 Å². The van der Waals surface area contributed by atoms with Gasteiger partial charge in [-0.3, -0.25) is 14.6 Å². The van der Waals surface area contributed by atoms with Crippen LogP contribution in [0.5, 0.6) is 0 Å². The number of amides is 2. The molecule has 0 aliphatic heterocycles. The van der Waals surface area contributed by atoms with Crippen molar-refractivity contribution in [1.82, 2.24) is 15.2 Å². The van der Waals surface area contributed by atoms with Gasteiger partial charge in [-0.05, 0) is 45.3 Å². The van der Waals surface area contributed by atoms with Crippen LogP contribution < -0.4 is 10.6 Å². The standard InChI is InChI=1S/C18H22N4O2/c1-13-4-6-15(7-5-13)21-18(24)16-12-14(8-9-19-16)17(23)20-10-11-22(2)3/h4-9,12H,10-11H2,1-3H3,(H,20,23)(H,21,24). The molecule has 6 heteroatoms. The highest BCUT2D eigenvalue weighted by Crippen LogP contribution is 2.10. The van der Waals surface area contributed by atoms with Crippen molar-refractivity contribution in [2.24, 2.45) is 0 Å². The molecule has 0 atom stereocenters. The minimum Gasteiger partial charge on any atom is -0.351 e. The largest absolute Gasteiger partial charge is 0.351 e. The van der Waals surface area contributed by atoms with Gasteiger partial charge in [0.15, 0.2) is 0 Å². The van der Waals surface area contributed by atoms with E-state index in [1.165, 1.54) is 12.3 Å². The van der Waals surface area contributed by atoms with Crippen molar-refractivity contribution in [3.63, 3.8) is 0 Å². The monoisotopic (exact) mass is 326 g/mol. The van der Waals surface area contributed by atoms with Crippen LogP contribution in [-0.4, -0.2) is 48.9 Å². The van der Waals surface area contributed by atoms with Crippen LogP contribution >= 0.6 is 0 Å². The van der Waals surface area contributed by atoms with Crippen molar-refractivity contribution in [2.45, 2.75) is 6.92 Å². The number of hydrogen-bond acceptors (Lipinski definition) is 4. The number of aromatic nitrogens is 1. The van der Waals surface area contributed by atoms with Gasteiger partial charge < -0.3 is 15.5 Å². The molecule has 24 heavy (non-hydrogen) atoms. The van der Waals surface area contributed by atoms with Crippen LogP contribution in [0.2, 0.25) is 0 Å². The quantitative estimate of drug-likeness (QED) is 0.851. The van der Waals surface area contributed by atoms with E-state index >= 15 is 0 Å². The summed E-state index contributed by atoms with van der Waals surface area (Å²) in [5, 5.41) is 5.58. The minimum atomic E-state index is -0.346. The number of anilines is 1. The fraction of sp³-hybridized carbons (Fsp3) is 0.278. The van der Waals surface area contributed by atoms with E-state index in [2.05, 4.69) is 15.6 Å². The number of aryl methyl sites for hydroxylation is 1. The van der Waals surface area contributed by atoms with Crippen LogP contribution in [0.1, 0.15) is 26.4 Å². The number of rotatable bonds is 6. The normalized spacial score (nSPS) is 10.5. The topological polar surface area (TPSA) is 74.3 Å². The van der Waals surface area contributed by atoms with E-state index in [0.717, 1.165) is 12.1 Å². The van der Waals surface area contributed by atoms with Crippen LogP contribution in [0.15, 0.2) is 42.6 Å². The second-order valence-electron chi connectivity index (χ2n) is 5.81. The zero-order valence-electron chi connectivity index (χ0n) is 14.2. The lowest BCUT2D eigenvalue weighted by Crippen LogP contribution is -2.31. The third-order valence-electron chi connectivity index (χ3n) is 3.41. The Morgan fingerprint density at radius 1 is 1.08 bits per heavy atom. The van der Waals surface area contributed by atoms with Gasteiger partial charge in [0.25, 0.3) is 11.8 Å². The third-order valence-corrected chi connectivity index (χ3v) is 3.41. The highest BCUT2D eigenvalue weighted by Gasteiger charge is 2.12. The van der Waals surface area contributed by atoms with Gasteiger partial charge >= 0.3 is 0 Å². The summed E-state index contributed by atoms with van der Waals surface area (Å²) in [7, 11) is 3.87. The van der Waals surface area contributed by atoms with E-state index in [0.29, 0.717) is 17.8 Å². The lowest BCUT2D eigenvalue weighted by atomic mass is 10.2. The van der Waals surface area contributed by atoms with Crippen molar-refractivity contribution < 1.29 is 9.59 Å². The smallest absolute Gasteiger partial charge is 0.274 e. The third kappa shape index (κ3) is 5.17. The number of hydrogen-bond donors (Lipinski definition) is 2. The van der Waals surface area contributed by atoms with Crippen LogP contribution in [-0.2, 0) is 0 Å². The Morgan fingerprint density at radius 2 is 1.79 bits per heavy atom. The maximum atomic E-state index is 12.3. The first-order valence-corrected chi connectivity index (χ1v) is 7.72. The number of benzene rings is 1. The van der Waals surface area contributed by atoms with E-state index in [4.69, 9.17) is 0 Å². The summed E-state index contributed by atoms with van der Waals surface area (Å²) in [5.41, 5.74) is 2.42. The molecule has 0 fully saturated rings. The molecule has 1 aromatic heterocycles. The molecule has 0 aliphatic carbocycles. The molecule has 2 rings (SSSR count). The van der Waals surface area contributed by atoms with Crippen molar-refractivity contribution >= 4 is 17.5 Å². The van der Waals surface area contributed by atoms with Gasteiger partial charge in [0.1, 0.15) is 5.69 Å². The van der Waals surface area contributed by atoms with Gasteiger partial charge in [-0.1, -0.05) is 17.7 Å². The molecular formula is C18H22N4O2. The first-order chi connectivity index (χ1) is 11.5. The second-order valence-corrected chi connectivity index (χ2v) is 5.81. The molecule has 1 aromatic carbocycles. The molecular weight excluding hydrogens is 304 g/mol. The van der Waals surface area contributed by atoms with Crippen LogP contribution in [0, 0.1) is 6.92 Å². The van der Waals surface area contributed by atoms with E-state index in [1.54, 1.807) is 6.07 Å². The molecule has 1 heterocycles. The van der Waals surface area contributed by atoms with Crippen molar-refractivity contribution in [3.8, 4) is 0 Å². The Kier molecular flexibility index (Phi) is 6.03. The summed E-state index contributed by atoms with van der Waals surface area (Å²) in [6.45, 7) is 3.27. The second kappa shape index (κ2) is 8.21. The molecule has 2 amide bonds. The number of likely N-dealkylation sites (N-methyl/N-ethyl adjacent to an activating group) is 1. The summed E-state index contributed by atoms with van der Waals surface area (Å²) < 4.78 is 0. The van der Waals surface area contributed by atoms with Crippen molar-refractivity contribution in [1.29, 1.82) is 0 Å². The van der Waals surface area contributed by atoms with Crippen molar-refractivity contribution in [2.75, 3.05) is 32.5 Å². The zero-order valence-corrected chi connectivity index (χ0v) is 14.2. The summed E-state index contributed by atoms with van der Waals surface area (Å²) in [6, 6.07) is 10.6.